The van der Waals surface area contributed by atoms with Gasteiger partial charge in [0.15, 0.2) is 0 Å². The Balaban J connectivity index is 0.000000702. The summed E-state index contributed by atoms with van der Waals surface area (Å²) < 4.78 is 65.8. The number of allylic oxidation sites excluding steroid dienone is 1. The molecule has 7 atom stereocenters. The van der Waals surface area contributed by atoms with Gasteiger partial charge in [-0.3, -0.25) is 23.9 Å². The third-order valence-electron chi connectivity index (χ3n) is 10.7. The van der Waals surface area contributed by atoms with Crippen LogP contribution in [0.5, 0.6) is 5.88 Å². The number of alkyl halides is 3. The molecule has 1 saturated heterocycles. The number of benzene rings is 1. The van der Waals surface area contributed by atoms with Crippen LogP contribution in [-0.4, -0.2) is 91.0 Å². The number of unbranched alkanes of at least 4 members (excludes halogenated alkanes) is 2. The Bertz CT molecular complexity index is 1850. The third kappa shape index (κ3) is 12.0. The van der Waals surface area contributed by atoms with E-state index in [9.17, 15) is 41.4 Å². The number of aromatic nitrogens is 2. The fourth-order valence-electron chi connectivity index (χ4n) is 6.53. The largest absolute Gasteiger partial charge is 0.471 e. The summed E-state index contributed by atoms with van der Waals surface area (Å²) in [5, 5.41) is 10.6. The molecular weight excluding hydrogens is 770 g/mol. The summed E-state index contributed by atoms with van der Waals surface area (Å²) in [6.07, 6.45) is 4.85. The predicted molar refractivity (Wildman–Crippen MR) is 208 cm³/mol. The highest BCUT2D eigenvalue weighted by molar-refractivity contribution is 7.85. The van der Waals surface area contributed by atoms with Crippen LogP contribution in [0.25, 0.3) is 10.8 Å². The first-order valence-corrected chi connectivity index (χ1v) is 20.5. The van der Waals surface area contributed by atoms with Crippen molar-refractivity contribution < 1.29 is 46.0 Å². The Morgan fingerprint density at radius 1 is 1.11 bits per heavy atom. The smallest absolute Gasteiger partial charge is 0.427 e. The Labute approximate surface area is 333 Å². The Morgan fingerprint density at radius 2 is 1.79 bits per heavy atom. The second-order valence-corrected chi connectivity index (χ2v) is 17.5. The lowest BCUT2D eigenvalue weighted by atomic mass is 9.94. The number of carbonyl (C=O) groups is 4. The highest BCUT2D eigenvalue weighted by Gasteiger charge is 2.51. The van der Waals surface area contributed by atoms with Crippen LogP contribution in [0.3, 0.4) is 0 Å². The first kappa shape index (κ1) is 45.2. The van der Waals surface area contributed by atoms with E-state index in [1.165, 1.54) is 4.68 Å². The molecule has 0 spiro atoms. The van der Waals surface area contributed by atoms with E-state index < -0.39 is 52.8 Å². The predicted octanol–water partition coefficient (Wildman–Crippen LogP) is 5.06. The molecule has 4 amide bonds. The molecule has 0 bridgehead atoms. The first-order chi connectivity index (χ1) is 26.8. The number of likely N-dealkylation sites (tertiary alicyclic amines) is 1. The van der Waals surface area contributed by atoms with Gasteiger partial charge >= 0.3 is 12.3 Å². The number of hydrogen-bond acceptors (Lipinski definition) is 9. The van der Waals surface area contributed by atoms with E-state index in [1.54, 1.807) is 43.0 Å². The summed E-state index contributed by atoms with van der Waals surface area (Å²) in [6, 6.07) is 5.74. The number of amides is 4. The van der Waals surface area contributed by atoms with Crippen LogP contribution < -0.4 is 25.7 Å². The molecule has 1 aromatic heterocycles. The summed E-state index contributed by atoms with van der Waals surface area (Å²) in [4.78, 5) is 61.5. The van der Waals surface area contributed by atoms with E-state index in [4.69, 9.17) is 9.47 Å². The van der Waals surface area contributed by atoms with Crippen molar-refractivity contribution in [3.8, 4) is 5.88 Å². The van der Waals surface area contributed by atoms with Crippen molar-refractivity contribution in [1.29, 1.82) is 0 Å². The minimum absolute atomic E-state index is 0.110. The number of aryl methyl sites for hydroxylation is 1. The Morgan fingerprint density at radius 3 is 2.40 bits per heavy atom. The Kier molecular flexibility index (Phi) is 15.3. The van der Waals surface area contributed by atoms with Gasteiger partial charge in [0.05, 0.1) is 22.1 Å². The first-order valence-electron chi connectivity index (χ1n) is 19.4. The summed E-state index contributed by atoms with van der Waals surface area (Å²) in [5.74, 6) is -0.249. The standard InChI is InChI=1S/C34H46F3N5O6.C5H9NO2S/c1-6-42-30(44)26-16-12-11-15-25(26)29(40-42)47-24-17-22(3)41(19-24)31(45)28(39-32(46)48-33(4,5)34(35,36)37)21(2)13-9-7-8-10-14-23-18-27(23)38-20-43;1-5(2-3-5)9(8)6-4-7/h10-12,14-16,20-24,27-28H,6-9,13,17-19H2,1-5H3,(H,38,43)(H,39,46);4H,2-3H2,1H3,(H,6,7)/b14-10-;/t21?,22?,23-,24-,27?,28+;/m1./s1. The van der Waals surface area contributed by atoms with Crippen LogP contribution in [0, 0.1) is 11.8 Å². The van der Waals surface area contributed by atoms with Crippen molar-refractivity contribution in [2.24, 2.45) is 11.8 Å². The van der Waals surface area contributed by atoms with Crippen molar-refractivity contribution in [3.63, 3.8) is 0 Å². The van der Waals surface area contributed by atoms with Gasteiger partial charge in [0, 0.05) is 25.0 Å². The van der Waals surface area contributed by atoms with E-state index in [1.807, 2.05) is 13.8 Å². The van der Waals surface area contributed by atoms with Crippen LogP contribution in [0.1, 0.15) is 92.9 Å². The molecule has 316 valence electrons. The third-order valence-corrected chi connectivity index (χ3v) is 12.3. The SMILES string of the molecule is CC1(S(=O)NC=O)CC1.CCn1nc(O[C@@H]2CC(C)N(C(=O)[C@@H](NC(=O)OC(C)(C)C(F)(F)F)C(C)CCCC/C=C\[C@@H]3CC3NC=O)C2)c2ccccc2c1=O. The van der Waals surface area contributed by atoms with Gasteiger partial charge in [0.25, 0.3) is 5.56 Å². The Hall–Kier alpha value is -4.48. The summed E-state index contributed by atoms with van der Waals surface area (Å²) >= 11 is 0. The minimum atomic E-state index is -4.81. The number of alkyl carbamates (subject to hydrolysis) is 1. The van der Waals surface area contributed by atoms with Gasteiger partial charge in [-0.1, -0.05) is 37.6 Å². The monoisotopic (exact) mass is 824 g/mol. The van der Waals surface area contributed by atoms with E-state index in [-0.39, 0.29) is 34.8 Å². The molecule has 2 heterocycles. The van der Waals surface area contributed by atoms with Crippen molar-refractivity contribution in [2.75, 3.05) is 6.54 Å². The fourth-order valence-corrected chi connectivity index (χ4v) is 7.37. The van der Waals surface area contributed by atoms with E-state index in [0.717, 1.165) is 46.0 Å². The van der Waals surface area contributed by atoms with Gasteiger partial charge in [-0.15, -0.1) is 5.10 Å². The number of ether oxygens (including phenoxy) is 2. The van der Waals surface area contributed by atoms with Crippen LogP contribution in [-0.2, 0) is 36.7 Å². The van der Waals surface area contributed by atoms with E-state index >= 15 is 0 Å². The van der Waals surface area contributed by atoms with Crippen LogP contribution in [0.15, 0.2) is 41.2 Å². The highest BCUT2D eigenvalue weighted by atomic mass is 32.2. The lowest BCUT2D eigenvalue weighted by Crippen LogP contribution is -2.55. The molecule has 57 heavy (non-hydrogen) atoms. The fraction of sp³-hybridized carbons (Fsp3) is 0.641. The average molecular weight is 825 g/mol. The maximum atomic E-state index is 14.0. The second kappa shape index (κ2) is 19.3. The molecule has 2 saturated carbocycles. The molecular formula is C39H55F3N6O8S. The lowest BCUT2D eigenvalue weighted by molar-refractivity contribution is -0.244. The zero-order valence-electron chi connectivity index (χ0n) is 33.3. The summed E-state index contributed by atoms with van der Waals surface area (Å²) in [6.45, 7) is 9.33. The molecule has 3 fully saturated rings. The van der Waals surface area contributed by atoms with Gasteiger partial charge in [-0.05, 0) is 97.1 Å². The number of nitrogens with zero attached hydrogens (tertiary/aromatic N) is 3. The zero-order valence-corrected chi connectivity index (χ0v) is 34.1. The number of carbonyl (C=O) groups excluding carboxylic acids is 4. The second-order valence-electron chi connectivity index (χ2n) is 15.7. The minimum Gasteiger partial charge on any atom is -0.471 e. The maximum absolute atomic E-state index is 14.0. The van der Waals surface area contributed by atoms with Gasteiger partial charge in [0.1, 0.15) is 23.1 Å². The zero-order chi connectivity index (χ0) is 42.1. The lowest BCUT2D eigenvalue weighted by Gasteiger charge is -2.32. The molecule has 0 radical (unpaired) electrons. The molecule has 1 aromatic carbocycles. The van der Waals surface area contributed by atoms with Gasteiger partial charge in [-0.2, -0.15) is 13.2 Å². The number of hydrogen-bond donors (Lipinski definition) is 3. The highest BCUT2D eigenvalue weighted by Crippen LogP contribution is 2.40. The topological polar surface area (TPSA) is 178 Å². The van der Waals surface area contributed by atoms with Gasteiger partial charge in [-0.25, -0.2) is 13.7 Å². The van der Waals surface area contributed by atoms with Gasteiger partial charge < -0.3 is 25.0 Å². The molecule has 2 aromatic rings. The van der Waals surface area contributed by atoms with Crippen molar-refractivity contribution in [3.05, 3.63) is 46.8 Å². The average Bonchev–Trinajstić information content (AvgIpc) is 4.06. The molecule has 14 nitrogen and oxygen atoms in total. The quantitative estimate of drug-likeness (QED) is 0.105. The molecule has 1 aliphatic heterocycles. The number of rotatable bonds is 18. The molecule has 5 rings (SSSR count). The van der Waals surface area contributed by atoms with Crippen LogP contribution in [0.2, 0.25) is 0 Å². The van der Waals surface area contributed by atoms with Gasteiger partial charge in [0.2, 0.25) is 30.2 Å². The van der Waals surface area contributed by atoms with Crippen molar-refractivity contribution in [1.82, 2.24) is 30.0 Å². The summed E-state index contributed by atoms with van der Waals surface area (Å²) in [5.41, 5.74) is -2.99. The number of nitrogens with one attached hydrogen (secondary N) is 3. The molecule has 3 aliphatic rings. The van der Waals surface area contributed by atoms with E-state index in [2.05, 4.69) is 32.6 Å². The van der Waals surface area contributed by atoms with Crippen LogP contribution >= 0.6 is 0 Å². The maximum Gasteiger partial charge on any atom is 0.427 e. The van der Waals surface area contributed by atoms with Crippen LogP contribution in [0.4, 0.5) is 18.0 Å². The normalized spacial score (nSPS) is 22.7. The molecule has 18 heteroatoms. The van der Waals surface area contributed by atoms with Crippen molar-refractivity contribution in [2.45, 2.75) is 140 Å². The number of fused-ring (bicyclic) bond motifs is 1. The molecule has 4 unspecified atom stereocenters. The van der Waals surface area contributed by atoms with E-state index in [0.29, 0.717) is 55.3 Å². The number of halogens is 3. The van der Waals surface area contributed by atoms with Crippen molar-refractivity contribution >= 4 is 46.6 Å². The summed E-state index contributed by atoms with van der Waals surface area (Å²) in [7, 11) is -1.14. The molecule has 3 N–H and O–H groups in total. The molecule has 2 aliphatic carbocycles.